The Hall–Kier alpha value is -2.87. The summed E-state index contributed by atoms with van der Waals surface area (Å²) < 4.78 is 6.96. The lowest BCUT2D eigenvalue weighted by Gasteiger charge is -2.13. The average Bonchev–Trinajstić information content (AvgIpc) is 3.25. The maximum absolute atomic E-state index is 12.1. The molecule has 0 unspecified atom stereocenters. The number of carbonyl (C=O) groups excluding carboxylic acids is 1. The SMILES string of the molecule is O=C1NCCc2[nH]c(-c3ccnc(-c4cc(Br)ccc4OCc4ccc(Cl)cc4Cl)n3)cc21. The molecule has 0 atom stereocenters. The molecular weight excluding hydrogens is 527 g/mol. The zero-order valence-corrected chi connectivity index (χ0v) is 20.3. The molecule has 2 aromatic carbocycles. The number of aromatic nitrogens is 3. The van der Waals surface area contributed by atoms with Crippen molar-refractivity contribution in [2.45, 2.75) is 13.0 Å². The van der Waals surface area contributed by atoms with Crippen molar-refractivity contribution < 1.29 is 9.53 Å². The number of amides is 1. The minimum absolute atomic E-state index is 0.0726. The molecule has 0 aliphatic carbocycles. The molecule has 0 spiro atoms. The standard InChI is InChI=1S/C24H17BrCl2N4O2/c25-14-2-4-22(33-12-13-1-3-15(26)10-18(13)27)17(9-14)23-28-7-6-20(31-23)21-11-16-19(30-21)5-8-29-24(16)32/h1-4,6-7,9-11,30H,5,8,12H2,(H,29,32). The maximum Gasteiger partial charge on any atom is 0.253 e. The molecule has 1 amide bonds. The van der Waals surface area contributed by atoms with E-state index in [-0.39, 0.29) is 12.5 Å². The highest BCUT2D eigenvalue weighted by molar-refractivity contribution is 9.10. The Bertz CT molecular complexity index is 1370. The Morgan fingerprint density at radius 2 is 1.94 bits per heavy atom. The van der Waals surface area contributed by atoms with E-state index in [1.54, 1.807) is 18.3 Å². The number of halogens is 3. The molecule has 0 radical (unpaired) electrons. The number of ether oxygens (including phenoxy) is 1. The molecule has 166 valence electrons. The summed E-state index contributed by atoms with van der Waals surface area (Å²) in [5, 5.41) is 3.97. The van der Waals surface area contributed by atoms with Crippen molar-refractivity contribution >= 4 is 45.0 Å². The maximum atomic E-state index is 12.1. The number of hydrogen-bond donors (Lipinski definition) is 2. The number of aromatic amines is 1. The van der Waals surface area contributed by atoms with Crippen molar-refractivity contribution in [1.29, 1.82) is 0 Å². The quantitative estimate of drug-likeness (QED) is 0.320. The fourth-order valence-electron chi connectivity index (χ4n) is 3.67. The van der Waals surface area contributed by atoms with E-state index in [2.05, 4.69) is 31.2 Å². The van der Waals surface area contributed by atoms with E-state index in [0.29, 0.717) is 39.4 Å². The van der Waals surface area contributed by atoms with Crippen LogP contribution in [0, 0.1) is 0 Å². The lowest BCUT2D eigenvalue weighted by atomic mass is 10.1. The van der Waals surface area contributed by atoms with Crippen molar-refractivity contribution in [3.63, 3.8) is 0 Å². The first-order chi connectivity index (χ1) is 16.0. The first-order valence-corrected chi connectivity index (χ1v) is 11.7. The van der Waals surface area contributed by atoms with Crippen LogP contribution in [-0.2, 0) is 13.0 Å². The monoisotopic (exact) mass is 542 g/mol. The van der Waals surface area contributed by atoms with Gasteiger partial charge in [0.2, 0.25) is 0 Å². The molecule has 0 bridgehead atoms. The van der Waals surface area contributed by atoms with E-state index in [4.69, 9.17) is 32.9 Å². The fourth-order valence-corrected chi connectivity index (χ4v) is 4.49. The van der Waals surface area contributed by atoms with Gasteiger partial charge in [-0.05, 0) is 42.5 Å². The number of rotatable bonds is 5. The minimum atomic E-state index is -0.0726. The number of fused-ring (bicyclic) bond motifs is 1. The summed E-state index contributed by atoms with van der Waals surface area (Å²) in [4.78, 5) is 24.7. The third-order valence-corrected chi connectivity index (χ3v) is 6.40. The molecule has 1 aliphatic rings. The van der Waals surface area contributed by atoms with Crippen LogP contribution < -0.4 is 10.1 Å². The molecule has 0 saturated carbocycles. The Morgan fingerprint density at radius 1 is 1.06 bits per heavy atom. The zero-order chi connectivity index (χ0) is 22.9. The normalized spacial score (nSPS) is 12.9. The van der Waals surface area contributed by atoms with Crippen molar-refractivity contribution in [2.24, 2.45) is 0 Å². The van der Waals surface area contributed by atoms with E-state index in [0.717, 1.165) is 33.4 Å². The fraction of sp³-hybridized carbons (Fsp3) is 0.125. The molecule has 6 nitrogen and oxygen atoms in total. The van der Waals surface area contributed by atoms with Gasteiger partial charge in [-0.1, -0.05) is 45.2 Å². The topological polar surface area (TPSA) is 79.9 Å². The highest BCUT2D eigenvalue weighted by Gasteiger charge is 2.21. The van der Waals surface area contributed by atoms with Gasteiger partial charge < -0.3 is 15.0 Å². The van der Waals surface area contributed by atoms with Gasteiger partial charge in [0, 0.05) is 44.9 Å². The Morgan fingerprint density at radius 3 is 2.76 bits per heavy atom. The third-order valence-electron chi connectivity index (χ3n) is 5.32. The highest BCUT2D eigenvalue weighted by Crippen LogP contribution is 2.33. The molecule has 5 rings (SSSR count). The number of benzene rings is 2. The summed E-state index contributed by atoms with van der Waals surface area (Å²) in [5.41, 5.74) is 4.58. The van der Waals surface area contributed by atoms with Crippen molar-refractivity contribution in [3.8, 4) is 28.5 Å². The molecule has 0 fully saturated rings. The van der Waals surface area contributed by atoms with Gasteiger partial charge in [-0.2, -0.15) is 0 Å². The Balaban J connectivity index is 1.47. The number of carbonyl (C=O) groups is 1. The number of H-pyrrole nitrogens is 1. The lowest BCUT2D eigenvalue weighted by Crippen LogP contribution is -2.31. The van der Waals surface area contributed by atoms with Gasteiger partial charge in [0.1, 0.15) is 12.4 Å². The minimum Gasteiger partial charge on any atom is -0.488 e. The van der Waals surface area contributed by atoms with E-state index < -0.39 is 0 Å². The molecule has 2 N–H and O–H groups in total. The molecule has 9 heteroatoms. The molecule has 1 aliphatic heterocycles. The first kappa shape index (κ1) is 21.9. The van der Waals surface area contributed by atoms with Gasteiger partial charge >= 0.3 is 0 Å². The summed E-state index contributed by atoms with van der Waals surface area (Å²) >= 11 is 15.8. The van der Waals surface area contributed by atoms with E-state index in [1.807, 2.05) is 36.4 Å². The number of hydrogen-bond acceptors (Lipinski definition) is 4. The van der Waals surface area contributed by atoms with Gasteiger partial charge in [-0.15, -0.1) is 0 Å². The smallest absolute Gasteiger partial charge is 0.253 e. The second-order valence-electron chi connectivity index (χ2n) is 7.51. The van der Waals surface area contributed by atoms with Crippen LogP contribution in [0.1, 0.15) is 21.6 Å². The third kappa shape index (κ3) is 4.62. The Kier molecular flexibility index (Phi) is 6.10. The molecule has 4 aromatic rings. The predicted octanol–water partition coefficient (Wildman–Crippen LogP) is 6.07. The number of nitrogens with one attached hydrogen (secondary N) is 2. The van der Waals surface area contributed by atoms with Crippen molar-refractivity contribution in [2.75, 3.05) is 6.54 Å². The summed E-state index contributed by atoms with van der Waals surface area (Å²) in [6.45, 7) is 0.889. The summed E-state index contributed by atoms with van der Waals surface area (Å²) in [6.07, 6.45) is 2.45. The molecule has 3 heterocycles. The molecule has 33 heavy (non-hydrogen) atoms. The summed E-state index contributed by atoms with van der Waals surface area (Å²) in [7, 11) is 0. The van der Waals surface area contributed by atoms with Crippen LogP contribution in [0.4, 0.5) is 0 Å². The van der Waals surface area contributed by atoms with Crippen LogP contribution in [0.25, 0.3) is 22.8 Å². The van der Waals surface area contributed by atoms with Crippen molar-refractivity contribution in [3.05, 3.63) is 86.1 Å². The highest BCUT2D eigenvalue weighted by atomic mass is 79.9. The second kappa shape index (κ2) is 9.17. The largest absolute Gasteiger partial charge is 0.488 e. The number of nitrogens with zero attached hydrogens (tertiary/aromatic N) is 2. The van der Waals surface area contributed by atoms with Gasteiger partial charge in [-0.3, -0.25) is 4.79 Å². The molecule has 0 saturated heterocycles. The van der Waals surface area contributed by atoms with E-state index in [1.165, 1.54) is 0 Å². The van der Waals surface area contributed by atoms with Crippen LogP contribution in [0.15, 0.2) is 59.2 Å². The zero-order valence-electron chi connectivity index (χ0n) is 17.2. The predicted molar refractivity (Wildman–Crippen MR) is 132 cm³/mol. The molecular formula is C24H17BrCl2N4O2. The summed E-state index contributed by atoms with van der Waals surface area (Å²) in [6, 6.07) is 14.6. The van der Waals surface area contributed by atoms with Crippen LogP contribution in [0.3, 0.4) is 0 Å². The summed E-state index contributed by atoms with van der Waals surface area (Å²) in [5.74, 6) is 1.05. The van der Waals surface area contributed by atoms with E-state index >= 15 is 0 Å². The van der Waals surface area contributed by atoms with Crippen LogP contribution in [-0.4, -0.2) is 27.4 Å². The van der Waals surface area contributed by atoms with Gasteiger partial charge in [-0.25, -0.2) is 9.97 Å². The first-order valence-electron chi connectivity index (χ1n) is 10.2. The lowest BCUT2D eigenvalue weighted by molar-refractivity contribution is 0.0946. The van der Waals surface area contributed by atoms with E-state index in [9.17, 15) is 4.79 Å². The van der Waals surface area contributed by atoms with Gasteiger partial charge in [0.25, 0.3) is 5.91 Å². The average molecular weight is 544 g/mol. The van der Waals surface area contributed by atoms with Crippen LogP contribution in [0.5, 0.6) is 5.75 Å². The van der Waals surface area contributed by atoms with Gasteiger partial charge in [0.05, 0.1) is 22.5 Å². The molecule has 2 aromatic heterocycles. The van der Waals surface area contributed by atoms with Crippen molar-refractivity contribution in [1.82, 2.24) is 20.3 Å². The van der Waals surface area contributed by atoms with Crippen LogP contribution >= 0.6 is 39.1 Å². The second-order valence-corrected chi connectivity index (χ2v) is 9.27. The van der Waals surface area contributed by atoms with Crippen LogP contribution in [0.2, 0.25) is 10.0 Å². The Labute approximate surface area is 208 Å². The van der Waals surface area contributed by atoms with Gasteiger partial charge in [0.15, 0.2) is 5.82 Å².